The molecule has 24 heavy (non-hydrogen) atoms. The lowest BCUT2D eigenvalue weighted by Gasteiger charge is -2.12. The second kappa shape index (κ2) is 7.02. The summed E-state index contributed by atoms with van der Waals surface area (Å²) in [4.78, 5) is 12.3. The molecule has 0 atom stereocenters. The van der Waals surface area contributed by atoms with Crippen molar-refractivity contribution in [1.29, 1.82) is 0 Å². The summed E-state index contributed by atoms with van der Waals surface area (Å²) < 4.78 is 34.1. The van der Waals surface area contributed by atoms with E-state index >= 15 is 0 Å². The molecule has 2 rings (SSSR count). The minimum atomic E-state index is -4.10. The van der Waals surface area contributed by atoms with Crippen LogP contribution in [0, 0.1) is 6.92 Å². The van der Waals surface area contributed by atoms with Gasteiger partial charge in [0.2, 0.25) is 0 Å². The predicted molar refractivity (Wildman–Crippen MR) is 88.1 cm³/mol. The van der Waals surface area contributed by atoms with Crippen LogP contribution >= 0.6 is 0 Å². The van der Waals surface area contributed by atoms with Crippen LogP contribution < -0.4 is 4.74 Å². The maximum absolute atomic E-state index is 12.6. The maximum atomic E-state index is 12.6. The van der Waals surface area contributed by atoms with Gasteiger partial charge in [-0.1, -0.05) is 29.8 Å². The van der Waals surface area contributed by atoms with Gasteiger partial charge in [0.15, 0.2) is 5.78 Å². The van der Waals surface area contributed by atoms with Crippen LogP contribution in [0.15, 0.2) is 41.3 Å². The molecule has 0 bridgehead atoms. The molecule has 0 heterocycles. The van der Waals surface area contributed by atoms with E-state index in [9.17, 15) is 18.3 Å². The fourth-order valence-corrected chi connectivity index (χ4v) is 3.25. The molecule has 0 aliphatic carbocycles. The number of carbonyl (C=O) groups is 1. The van der Waals surface area contributed by atoms with Crippen molar-refractivity contribution in [2.24, 2.45) is 0 Å². The van der Waals surface area contributed by atoms with Crippen LogP contribution in [0.25, 0.3) is 0 Å². The fourth-order valence-electron chi connectivity index (χ4n) is 2.17. The van der Waals surface area contributed by atoms with Gasteiger partial charge in [0, 0.05) is 11.6 Å². The Bertz CT molecular complexity index is 853. The monoisotopic (exact) mass is 350 g/mol. The van der Waals surface area contributed by atoms with Crippen molar-refractivity contribution < 1.29 is 27.2 Å². The Labute approximate surface area is 140 Å². The molecule has 0 saturated carbocycles. The predicted octanol–water partition coefficient (Wildman–Crippen LogP) is 2.67. The largest absolute Gasteiger partial charge is 0.507 e. The number of hydrogen-bond donors (Lipinski definition) is 1. The van der Waals surface area contributed by atoms with Crippen molar-refractivity contribution in [2.45, 2.75) is 18.7 Å². The molecule has 0 aliphatic rings. The van der Waals surface area contributed by atoms with E-state index in [0.29, 0.717) is 5.56 Å². The van der Waals surface area contributed by atoms with E-state index in [1.807, 2.05) is 6.92 Å². The van der Waals surface area contributed by atoms with Crippen molar-refractivity contribution in [1.82, 2.24) is 0 Å². The lowest BCUT2D eigenvalue weighted by atomic mass is 10.0. The Hall–Kier alpha value is -2.38. The quantitative estimate of drug-likeness (QED) is 0.636. The summed E-state index contributed by atoms with van der Waals surface area (Å²) in [6, 6.07) is 8.89. The molecule has 0 amide bonds. The average Bonchev–Trinajstić information content (AvgIpc) is 2.54. The normalized spacial score (nSPS) is 11.3. The number of hydrogen-bond acceptors (Lipinski definition) is 6. The Morgan fingerprint density at radius 3 is 2.33 bits per heavy atom. The molecule has 2 aromatic rings. The molecule has 6 nitrogen and oxygen atoms in total. The molecule has 0 spiro atoms. The zero-order valence-electron chi connectivity index (χ0n) is 13.6. The first-order valence-corrected chi connectivity index (χ1v) is 8.62. The zero-order chi connectivity index (χ0) is 17.9. The van der Waals surface area contributed by atoms with Crippen molar-refractivity contribution >= 4 is 15.9 Å². The number of aryl methyl sites for hydroxylation is 1. The maximum Gasteiger partial charge on any atom is 0.300 e. The van der Waals surface area contributed by atoms with Crippen LogP contribution in [0.3, 0.4) is 0 Å². The summed E-state index contributed by atoms with van der Waals surface area (Å²) >= 11 is 0. The lowest BCUT2D eigenvalue weighted by molar-refractivity contribution is 0.103. The Kier molecular flexibility index (Phi) is 5.26. The van der Waals surface area contributed by atoms with Crippen LogP contribution in [0.1, 0.15) is 28.4 Å². The molecular weight excluding hydrogens is 332 g/mol. The molecule has 128 valence electrons. The number of benzene rings is 2. The van der Waals surface area contributed by atoms with Crippen LogP contribution in [0.2, 0.25) is 0 Å². The van der Waals surface area contributed by atoms with Gasteiger partial charge in [-0.3, -0.25) is 8.98 Å². The second-order valence-corrected chi connectivity index (χ2v) is 6.66. The van der Waals surface area contributed by atoms with E-state index in [1.54, 1.807) is 24.3 Å². The first kappa shape index (κ1) is 18.0. The summed E-state index contributed by atoms with van der Waals surface area (Å²) in [6.07, 6.45) is 0. The average molecular weight is 350 g/mol. The third-order valence-corrected chi connectivity index (χ3v) is 4.79. The van der Waals surface area contributed by atoms with Crippen molar-refractivity contribution in [3.63, 3.8) is 0 Å². The summed E-state index contributed by atoms with van der Waals surface area (Å²) in [5, 5.41) is 10.1. The third kappa shape index (κ3) is 3.58. The van der Waals surface area contributed by atoms with Crippen molar-refractivity contribution in [3.8, 4) is 11.5 Å². The number of methoxy groups -OCH3 is 1. The summed E-state index contributed by atoms with van der Waals surface area (Å²) in [7, 11) is -2.84. The standard InChI is InChI=1S/C17H18O6S/c1-4-23-24(20,21)16-9-13(14(18)10-15(16)22-3)17(19)12-7-5-11(2)6-8-12/h5-10,18H,4H2,1-3H3. The molecule has 0 aliphatic heterocycles. The third-order valence-electron chi connectivity index (χ3n) is 3.38. The minimum absolute atomic E-state index is 0.0619. The number of rotatable bonds is 6. The molecule has 2 aromatic carbocycles. The molecule has 0 aromatic heterocycles. The highest BCUT2D eigenvalue weighted by atomic mass is 32.2. The molecule has 1 N–H and O–H groups in total. The highest BCUT2D eigenvalue weighted by molar-refractivity contribution is 7.86. The molecule has 0 unspecified atom stereocenters. The SMILES string of the molecule is CCOS(=O)(=O)c1cc(C(=O)c2ccc(C)cc2)c(O)cc1OC. The Morgan fingerprint density at radius 1 is 1.17 bits per heavy atom. The molecule has 0 saturated heterocycles. The van der Waals surface area contributed by atoms with E-state index < -0.39 is 15.9 Å². The number of carbonyl (C=O) groups excluding carboxylic acids is 1. The number of phenols is 1. The van der Waals surface area contributed by atoms with E-state index in [1.165, 1.54) is 14.0 Å². The summed E-state index contributed by atoms with van der Waals surface area (Å²) in [6.45, 7) is 3.35. The van der Waals surface area contributed by atoms with Gasteiger partial charge in [0.05, 0.1) is 19.3 Å². The summed E-state index contributed by atoms with van der Waals surface area (Å²) in [5.74, 6) is -0.961. The van der Waals surface area contributed by atoms with Gasteiger partial charge in [-0.2, -0.15) is 8.42 Å². The van der Waals surface area contributed by atoms with Gasteiger partial charge in [-0.25, -0.2) is 0 Å². The molecular formula is C17H18O6S. The van der Waals surface area contributed by atoms with E-state index in [2.05, 4.69) is 0 Å². The highest BCUT2D eigenvalue weighted by Gasteiger charge is 2.25. The van der Waals surface area contributed by atoms with Gasteiger partial charge < -0.3 is 9.84 Å². The number of aromatic hydroxyl groups is 1. The van der Waals surface area contributed by atoms with Crippen LogP contribution in [-0.4, -0.2) is 33.0 Å². The van der Waals surface area contributed by atoms with Gasteiger partial charge in [0.1, 0.15) is 16.4 Å². The second-order valence-electron chi connectivity index (χ2n) is 5.08. The first-order chi connectivity index (χ1) is 11.3. The zero-order valence-corrected chi connectivity index (χ0v) is 14.4. The minimum Gasteiger partial charge on any atom is -0.507 e. The lowest BCUT2D eigenvalue weighted by Crippen LogP contribution is -2.10. The first-order valence-electron chi connectivity index (χ1n) is 7.22. The van der Waals surface area contributed by atoms with Crippen molar-refractivity contribution in [2.75, 3.05) is 13.7 Å². The van der Waals surface area contributed by atoms with Gasteiger partial charge in [-0.05, 0) is 19.9 Å². The van der Waals surface area contributed by atoms with Gasteiger partial charge in [-0.15, -0.1) is 0 Å². The number of ether oxygens (including phenoxy) is 1. The van der Waals surface area contributed by atoms with E-state index in [-0.39, 0.29) is 28.6 Å². The van der Waals surface area contributed by atoms with E-state index in [4.69, 9.17) is 8.92 Å². The van der Waals surface area contributed by atoms with Crippen LogP contribution in [0.4, 0.5) is 0 Å². The molecule has 0 fully saturated rings. The van der Waals surface area contributed by atoms with Gasteiger partial charge >= 0.3 is 10.1 Å². The molecule has 0 radical (unpaired) electrons. The van der Waals surface area contributed by atoms with Gasteiger partial charge in [0.25, 0.3) is 0 Å². The molecule has 7 heteroatoms. The smallest absolute Gasteiger partial charge is 0.300 e. The van der Waals surface area contributed by atoms with E-state index in [0.717, 1.165) is 17.7 Å². The Balaban J connectivity index is 2.59. The highest BCUT2D eigenvalue weighted by Crippen LogP contribution is 2.33. The topological polar surface area (TPSA) is 89.9 Å². The van der Waals surface area contributed by atoms with Crippen LogP contribution in [0.5, 0.6) is 11.5 Å². The number of phenolic OH excluding ortho intramolecular Hbond substituents is 1. The number of ketones is 1. The van der Waals surface area contributed by atoms with Crippen molar-refractivity contribution in [3.05, 3.63) is 53.1 Å². The Morgan fingerprint density at radius 2 is 1.79 bits per heavy atom. The summed E-state index contributed by atoms with van der Waals surface area (Å²) in [5.41, 5.74) is 1.17. The fraction of sp³-hybridized carbons (Fsp3) is 0.235. The van der Waals surface area contributed by atoms with Crippen LogP contribution in [-0.2, 0) is 14.3 Å².